The smallest absolute Gasteiger partial charge is 0.131 e. The lowest BCUT2D eigenvalue weighted by Crippen LogP contribution is -2.18. The average Bonchev–Trinajstić information content (AvgIpc) is 2.62. The van der Waals surface area contributed by atoms with E-state index in [4.69, 9.17) is 11.6 Å². The Hall–Kier alpha value is -1.32. The van der Waals surface area contributed by atoms with Gasteiger partial charge < -0.3 is 5.32 Å². The zero-order valence-electron chi connectivity index (χ0n) is 10.9. The molecule has 0 unspecified atom stereocenters. The molecule has 2 rings (SSSR count). The molecule has 0 radical (unpaired) electrons. The third-order valence-corrected chi connectivity index (χ3v) is 3.63. The second-order valence-electron chi connectivity index (χ2n) is 4.49. The van der Waals surface area contributed by atoms with Crippen molar-refractivity contribution in [1.29, 1.82) is 0 Å². The van der Waals surface area contributed by atoms with E-state index in [1.165, 1.54) is 5.56 Å². The highest BCUT2D eigenvalue weighted by Gasteiger charge is 2.12. The van der Waals surface area contributed by atoms with Gasteiger partial charge in [-0.15, -0.1) is 0 Å². The van der Waals surface area contributed by atoms with Crippen molar-refractivity contribution >= 4 is 11.6 Å². The first kappa shape index (κ1) is 13.1. The van der Waals surface area contributed by atoms with Crippen molar-refractivity contribution < 1.29 is 0 Å². The summed E-state index contributed by atoms with van der Waals surface area (Å²) in [6.45, 7) is 4.86. The highest BCUT2D eigenvalue weighted by atomic mass is 35.5. The molecule has 0 fully saturated rings. The van der Waals surface area contributed by atoms with Gasteiger partial charge in [0.25, 0.3) is 0 Å². The summed E-state index contributed by atoms with van der Waals surface area (Å²) in [6.07, 6.45) is 0. The van der Waals surface area contributed by atoms with Gasteiger partial charge in [-0.05, 0) is 19.4 Å². The molecule has 0 aliphatic carbocycles. The maximum atomic E-state index is 6.20. The summed E-state index contributed by atoms with van der Waals surface area (Å²) in [6, 6.07) is 10.7. The molecular formula is C14H18ClN3. The molecule has 0 aliphatic heterocycles. The predicted molar refractivity (Wildman–Crippen MR) is 74.7 cm³/mol. The predicted octanol–water partition coefficient (Wildman–Crippen LogP) is 3.23. The molecule has 18 heavy (non-hydrogen) atoms. The van der Waals surface area contributed by atoms with Crippen LogP contribution in [0.15, 0.2) is 30.3 Å². The van der Waals surface area contributed by atoms with Crippen molar-refractivity contribution in [3.63, 3.8) is 0 Å². The van der Waals surface area contributed by atoms with Crippen LogP contribution in [0.4, 0.5) is 0 Å². The lowest BCUT2D eigenvalue weighted by Gasteiger charge is -2.14. The van der Waals surface area contributed by atoms with E-state index in [2.05, 4.69) is 41.6 Å². The standard InChI is InChI=1S/C14H18ClN3/c1-10(12-7-5-4-6-8-12)16-9-13-11(2)17-18(3)14(13)15/h4-8,10,16H,9H2,1-3H3/t10-/m1/s1. The Labute approximate surface area is 113 Å². The Bertz CT molecular complexity index is 519. The van der Waals surface area contributed by atoms with Gasteiger partial charge in [0, 0.05) is 25.2 Å². The van der Waals surface area contributed by atoms with Crippen LogP contribution in [0, 0.1) is 6.92 Å². The summed E-state index contributed by atoms with van der Waals surface area (Å²) in [5, 5.41) is 8.49. The molecule has 1 aromatic carbocycles. The number of nitrogens with one attached hydrogen (secondary N) is 1. The van der Waals surface area contributed by atoms with Crippen LogP contribution in [0.3, 0.4) is 0 Å². The fourth-order valence-corrected chi connectivity index (χ4v) is 2.23. The maximum absolute atomic E-state index is 6.20. The van der Waals surface area contributed by atoms with Crippen LogP contribution in [0.2, 0.25) is 5.15 Å². The first-order valence-electron chi connectivity index (χ1n) is 6.06. The van der Waals surface area contributed by atoms with Crippen molar-refractivity contribution in [3.05, 3.63) is 52.3 Å². The van der Waals surface area contributed by atoms with Crippen molar-refractivity contribution in [3.8, 4) is 0 Å². The van der Waals surface area contributed by atoms with Gasteiger partial charge >= 0.3 is 0 Å². The van der Waals surface area contributed by atoms with Gasteiger partial charge in [-0.2, -0.15) is 5.10 Å². The minimum atomic E-state index is 0.293. The lowest BCUT2D eigenvalue weighted by molar-refractivity contribution is 0.573. The molecule has 3 nitrogen and oxygen atoms in total. The van der Waals surface area contributed by atoms with Gasteiger partial charge in [0.1, 0.15) is 5.15 Å². The molecule has 0 bridgehead atoms. The van der Waals surface area contributed by atoms with Gasteiger partial charge in [0.15, 0.2) is 0 Å². The number of aryl methyl sites for hydroxylation is 2. The first-order valence-corrected chi connectivity index (χ1v) is 6.43. The van der Waals surface area contributed by atoms with Crippen molar-refractivity contribution in [2.24, 2.45) is 7.05 Å². The monoisotopic (exact) mass is 263 g/mol. The van der Waals surface area contributed by atoms with E-state index in [-0.39, 0.29) is 0 Å². The largest absolute Gasteiger partial charge is 0.306 e. The number of rotatable bonds is 4. The molecule has 0 saturated heterocycles. The Kier molecular flexibility index (Phi) is 4.04. The van der Waals surface area contributed by atoms with Gasteiger partial charge in [-0.3, -0.25) is 4.68 Å². The molecule has 96 valence electrons. The lowest BCUT2D eigenvalue weighted by atomic mass is 10.1. The molecular weight excluding hydrogens is 246 g/mol. The number of hydrogen-bond donors (Lipinski definition) is 1. The molecule has 4 heteroatoms. The molecule has 1 N–H and O–H groups in total. The van der Waals surface area contributed by atoms with E-state index in [0.29, 0.717) is 11.2 Å². The molecule has 2 aromatic rings. The van der Waals surface area contributed by atoms with E-state index in [0.717, 1.165) is 17.8 Å². The number of benzene rings is 1. The van der Waals surface area contributed by atoms with Crippen LogP contribution >= 0.6 is 11.6 Å². The summed E-state index contributed by atoms with van der Waals surface area (Å²) in [4.78, 5) is 0. The Morgan fingerprint density at radius 2 is 2.00 bits per heavy atom. The second-order valence-corrected chi connectivity index (χ2v) is 4.85. The molecule has 0 amide bonds. The fourth-order valence-electron chi connectivity index (χ4n) is 1.99. The Morgan fingerprint density at radius 1 is 1.33 bits per heavy atom. The summed E-state index contributed by atoms with van der Waals surface area (Å²) < 4.78 is 1.71. The Morgan fingerprint density at radius 3 is 2.56 bits per heavy atom. The fraction of sp³-hybridized carbons (Fsp3) is 0.357. The minimum absolute atomic E-state index is 0.293. The number of aromatic nitrogens is 2. The first-order chi connectivity index (χ1) is 8.59. The second kappa shape index (κ2) is 5.55. The molecule has 1 atom stereocenters. The van der Waals surface area contributed by atoms with Crippen LogP contribution in [-0.2, 0) is 13.6 Å². The van der Waals surface area contributed by atoms with Gasteiger partial charge in [0.05, 0.1) is 5.69 Å². The van der Waals surface area contributed by atoms with E-state index >= 15 is 0 Å². The number of hydrogen-bond acceptors (Lipinski definition) is 2. The molecule has 1 heterocycles. The Balaban J connectivity index is 2.04. The molecule has 0 saturated carbocycles. The van der Waals surface area contributed by atoms with Gasteiger partial charge in [-0.25, -0.2) is 0 Å². The molecule has 0 aliphatic rings. The topological polar surface area (TPSA) is 29.9 Å². The molecule has 0 spiro atoms. The minimum Gasteiger partial charge on any atom is -0.306 e. The summed E-state index contributed by atoms with van der Waals surface area (Å²) in [5.41, 5.74) is 3.33. The van der Waals surface area contributed by atoms with Crippen LogP contribution in [0.1, 0.15) is 29.8 Å². The summed E-state index contributed by atoms with van der Waals surface area (Å²) in [5.74, 6) is 0. The summed E-state index contributed by atoms with van der Waals surface area (Å²) >= 11 is 6.20. The number of nitrogens with zero attached hydrogens (tertiary/aromatic N) is 2. The normalized spacial score (nSPS) is 12.7. The van der Waals surface area contributed by atoms with Crippen LogP contribution in [-0.4, -0.2) is 9.78 Å². The van der Waals surface area contributed by atoms with Crippen LogP contribution in [0.5, 0.6) is 0 Å². The highest BCUT2D eigenvalue weighted by Crippen LogP contribution is 2.20. The SMILES string of the molecule is Cc1nn(C)c(Cl)c1CN[C@H](C)c1ccccc1. The molecule has 1 aromatic heterocycles. The number of halogens is 1. The zero-order valence-corrected chi connectivity index (χ0v) is 11.7. The third-order valence-electron chi connectivity index (χ3n) is 3.15. The van der Waals surface area contributed by atoms with Crippen LogP contribution < -0.4 is 5.32 Å². The van der Waals surface area contributed by atoms with E-state index in [1.54, 1.807) is 4.68 Å². The quantitative estimate of drug-likeness (QED) is 0.918. The average molecular weight is 264 g/mol. The van der Waals surface area contributed by atoms with Crippen molar-refractivity contribution in [1.82, 2.24) is 15.1 Å². The van der Waals surface area contributed by atoms with E-state index in [1.807, 2.05) is 20.0 Å². The van der Waals surface area contributed by atoms with Gasteiger partial charge in [-0.1, -0.05) is 41.9 Å². The van der Waals surface area contributed by atoms with Crippen molar-refractivity contribution in [2.45, 2.75) is 26.4 Å². The van der Waals surface area contributed by atoms with Gasteiger partial charge in [0.2, 0.25) is 0 Å². The van der Waals surface area contributed by atoms with E-state index < -0.39 is 0 Å². The zero-order chi connectivity index (χ0) is 13.1. The van der Waals surface area contributed by atoms with Crippen molar-refractivity contribution in [2.75, 3.05) is 0 Å². The highest BCUT2D eigenvalue weighted by molar-refractivity contribution is 6.30. The maximum Gasteiger partial charge on any atom is 0.131 e. The van der Waals surface area contributed by atoms with E-state index in [9.17, 15) is 0 Å². The summed E-state index contributed by atoms with van der Waals surface area (Å²) in [7, 11) is 1.86. The van der Waals surface area contributed by atoms with Crippen LogP contribution in [0.25, 0.3) is 0 Å². The third kappa shape index (κ3) is 2.74.